The van der Waals surface area contributed by atoms with Crippen LogP contribution in [0.4, 0.5) is 0 Å². The van der Waals surface area contributed by atoms with E-state index >= 15 is 0 Å². The molecule has 0 bridgehead atoms. The summed E-state index contributed by atoms with van der Waals surface area (Å²) < 4.78 is 3.07. The second-order valence-electron chi connectivity index (χ2n) is 7.22. The van der Waals surface area contributed by atoms with Gasteiger partial charge in [0.2, 0.25) is 0 Å². The van der Waals surface area contributed by atoms with Crippen molar-refractivity contribution in [1.29, 1.82) is 0 Å². The highest BCUT2D eigenvalue weighted by Crippen LogP contribution is 2.36. The second kappa shape index (κ2) is 19.6. The van der Waals surface area contributed by atoms with Crippen LogP contribution in [0.5, 0.6) is 0 Å². The van der Waals surface area contributed by atoms with Crippen molar-refractivity contribution in [1.82, 2.24) is 0 Å². The lowest BCUT2D eigenvalue weighted by molar-refractivity contribution is -0.139. The Bertz CT molecular complexity index is 529. The molecule has 0 aromatic heterocycles. The number of aliphatic carboxylic acids is 2. The number of ether oxygens (including phenoxy) is 1. The number of carbonyl (C=O) groups is 3. The van der Waals surface area contributed by atoms with Gasteiger partial charge in [0, 0.05) is 6.08 Å². The van der Waals surface area contributed by atoms with Gasteiger partial charge < -0.3 is 14.9 Å². The lowest BCUT2D eigenvalue weighted by atomic mass is 10.1. The number of rotatable bonds is 12. The summed E-state index contributed by atoms with van der Waals surface area (Å²) in [5.74, 6) is -2.27. The minimum Gasteiger partial charge on any atom is -0.480 e. The Morgan fingerprint density at radius 2 is 1.29 bits per heavy atom. The highest BCUT2D eigenvalue weighted by atomic mass is 32.2. The first-order valence-electron chi connectivity index (χ1n) is 9.48. The first kappa shape index (κ1) is 37.3. The molecule has 0 rings (SSSR count). The average molecular weight is 499 g/mol. The highest BCUT2D eigenvalue weighted by Gasteiger charge is 2.34. The number of hydrogen-bond donors (Lipinski definition) is 2. The minimum atomic E-state index is -1.04. The lowest BCUT2D eigenvalue weighted by Gasteiger charge is -2.22. The van der Waals surface area contributed by atoms with Crippen molar-refractivity contribution in [3.8, 4) is 0 Å². The number of unbranched alkanes of at least 4 members (excludes halogenated alkanes) is 5. The van der Waals surface area contributed by atoms with E-state index in [1.807, 2.05) is 0 Å². The SMILES string of the molecule is C.C.C=CC(=O)OCCCCCCCC.CC(C)(SC(=S)SC(C)(C)C(=O)O)C(=O)O. The predicted octanol–water partition coefficient (Wildman–Crippen LogP) is 6.81. The van der Waals surface area contributed by atoms with Gasteiger partial charge in [-0.05, 0) is 34.1 Å². The molecule has 0 aliphatic heterocycles. The van der Waals surface area contributed by atoms with Gasteiger partial charge >= 0.3 is 17.9 Å². The number of hydrogen-bond acceptors (Lipinski definition) is 7. The van der Waals surface area contributed by atoms with E-state index in [2.05, 4.69) is 13.5 Å². The van der Waals surface area contributed by atoms with Crippen molar-refractivity contribution in [2.75, 3.05) is 6.61 Å². The monoisotopic (exact) mass is 498 g/mol. The van der Waals surface area contributed by atoms with Gasteiger partial charge in [0.05, 0.1) is 6.61 Å². The van der Waals surface area contributed by atoms with E-state index < -0.39 is 21.4 Å². The third kappa shape index (κ3) is 20.6. The molecule has 0 saturated carbocycles. The summed E-state index contributed by atoms with van der Waals surface area (Å²) in [7, 11) is 0. The second-order valence-corrected chi connectivity index (χ2v) is 11.7. The van der Waals surface area contributed by atoms with E-state index in [0.717, 1.165) is 36.4 Å². The number of carbonyl (C=O) groups excluding carboxylic acids is 1. The molecule has 0 fully saturated rings. The summed E-state index contributed by atoms with van der Waals surface area (Å²) in [6, 6.07) is 0. The van der Waals surface area contributed by atoms with Crippen LogP contribution in [0, 0.1) is 0 Å². The topological polar surface area (TPSA) is 101 Å². The highest BCUT2D eigenvalue weighted by molar-refractivity contribution is 8.48. The van der Waals surface area contributed by atoms with E-state index in [1.165, 1.54) is 59.5 Å². The Morgan fingerprint density at radius 1 is 0.903 bits per heavy atom. The van der Waals surface area contributed by atoms with E-state index in [1.54, 1.807) is 0 Å². The summed E-state index contributed by atoms with van der Waals surface area (Å²) in [5, 5.41) is 17.8. The molecule has 0 aliphatic carbocycles. The molecule has 9 heteroatoms. The Kier molecular flexibility index (Phi) is 23.6. The van der Waals surface area contributed by atoms with Crippen LogP contribution in [0.2, 0.25) is 0 Å². The van der Waals surface area contributed by atoms with Crippen LogP contribution in [0.15, 0.2) is 12.7 Å². The van der Waals surface area contributed by atoms with Crippen LogP contribution < -0.4 is 0 Å². The van der Waals surface area contributed by atoms with Gasteiger partial charge in [0.1, 0.15) is 13.0 Å². The van der Waals surface area contributed by atoms with Crippen molar-refractivity contribution in [3.05, 3.63) is 12.7 Å². The quantitative estimate of drug-likeness (QED) is 0.130. The number of carboxylic acids is 2. The first-order chi connectivity index (χ1) is 13.3. The molecule has 0 atom stereocenters. The Labute approximate surface area is 203 Å². The standard InChI is InChI=1S/C11H20O2.C9H14O4S3.2CH4/c1-3-5-6-7-8-9-10-13-11(12)4-2;1-8(2,5(10)11)15-7(14)16-9(3,4)6(12)13;;/h4H,2-3,5-10H2,1H3;1-4H3,(H,10,11)(H,12,13);2*1H4. The zero-order chi connectivity index (χ0) is 23.1. The Hall–Kier alpha value is -1.06. The number of thiocarbonyl (C=S) groups is 1. The van der Waals surface area contributed by atoms with Crippen LogP contribution in [-0.2, 0) is 19.1 Å². The maximum atomic E-state index is 10.8. The maximum Gasteiger partial charge on any atom is 0.330 e. The first-order valence-corrected chi connectivity index (χ1v) is 11.5. The number of esters is 1. The molecule has 184 valence electrons. The molecule has 0 heterocycles. The van der Waals surface area contributed by atoms with Crippen LogP contribution in [0.1, 0.15) is 88.0 Å². The zero-order valence-corrected chi connectivity index (χ0v) is 20.4. The molecule has 0 aromatic carbocycles. The van der Waals surface area contributed by atoms with Gasteiger partial charge in [-0.1, -0.05) is 96.2 Å². The number of thioether (sulfide) groups is 2. The fraction of sp³-hybridized carbons (Fsp3) is 0.727. The van der Waals surface area contributed by atoms with Crippen LogP contribution in [-0.4, -0.2) is 47.8 Å². The van der Waals surface area contributed by atoms with Crippen molar-refractivity contribution < 1.29 is 29.3 Å². The zero-order valence-electron chi connectivity index (χ0n) is 18.0. The predicted molar refractivity (Wildman–Crippen MR) is 139 cm³/mol. The smallest absolute Gasteiger partial charge is 0.330 e. The lowest BCUT2D eigenvalue weighted by Crippen LogP contribution is -2.31. The van der Waals surface area contributed by atoms with Crippen LogP contribution in [0.25, 0.3) is 0 Å². The molecule has 31 heavy (non-hydrogen) atoms. The fourth-order valence-corrected chi connectivity index (χ4v) is 5.31. The summed E-state index contributed by atoms with van der Waals surface area (Å²) in [5.41, 5.74) is 0. The molecule has 0 aromatic rings. The van der Waals surface area contributed by atoms with Gasteiger partial charge in [-0.15, -0.1) is 0 Å². The number of carboxylic acid groups (broad SMARTS) is 2. The summed E-state index contributed by atoms with van der Waals surface area (Å²) >= 11 is 6.96. The molecule has 0 unspecified atom stereocenters. The largest absolute Gasteiger partial charge is 0.480 e. The maximum absolute atomic E-state index is 10.8. The van der Waals surface area contributed by atoms with Gasteiger partial charge in [-0.3, -0.25) is 9.59 Å². The van der Waals surface area contributed by atoms with Gasteiger partial charge in [0.15, 0.2) is 0 Å². The van der Waals surface area contributed by atoms with E-state index in [-0.39, 0.29) is 20.8 Å². The van der Waals surface area contributed by atoms with Gasteiger partial charge in [-0.25, -0.2) is 4.79 Å². The summed E-state index contributed by atoms with van der Waals surface area (Å²) in [6.45, 7) is 12.2. The summed E-state index contributed by atoms with van der Waals surface area (Å²) in [6.07, 6.45) is 8.47. The average Bonchev–Trinajstić information content (AvgIpc) is 2.59. The molecule has 2 N–H and O–H groups in total. The summed E-state index contributed by atoms with van der Waals surface area (Å²) in [4.78, 5) is 32.3. The van der Waals surface area contributed by atoms with Crippen molar-refractivity contribution in [3.63, 3.8) is 0 Å². The Morgan fingerprint density at radius 3 is 1.65 bits per heavy atom. The molecule has 0 saturated heterocycles. The van der Waals surface area contributed by atoms with E-state index in [0.29, 0.717) is 10.1 Å². The normalized spacial score (nSPS) is 10.4. The Balaban J connectivity index is -0.000000225. The molecular formula is C22H42O6S3. The molecule has 6 nitrogen and oxygen atoms in total. The van der Waals surface area contributed by atoms with Crippen LogP contribution in [0.3, 0.4) is 0 Å². The van der Waals surface area contributed by atoms with E-state index in [9.17, 15) is 14.4 Å². The molecule has 0 amide bonds. The molecule has 0 spiro atoms. The van der Waals surface area contributed by atoms with Crippen molar-refractivity contribution in [2.45, 2.75) is 97.5 Å². The third-order valence-electron chi connectivity index (χ3n) is 3.62. The molecule has 0 radical (unpaired) electrons. The molecule has 0 aliphatic rings. The van der Waals surface area contributed by atoms with Gasteiger partial charge in [-0.2, -0.15) is 0 Å². The van der Waals surface area contributed by atoms with Gasteiger partial charge in [0.25, 0.3) is 0 Å². The third-order valence-corrected chi connectivity index (χ3v) is 6.32. The van der Waals surface area contributed by atoms with Crippen LogP contribution >= 0.6 is 35.7 Å². The fourth-order valence-electron chi connectivity index (χ4n) is 1.64. The minimum absolute atomic E-state index is 0. The molecular weight excluding hydrogens is 456 g/mol. The van der Waals surface area contributed by atoms with Crippen molar-refractivity contribution in [2.24, 2.45) is 0 Å². The van der Waals surface area contributed by atoms with E-state index in [4.69, 9.17) is 27.2 Å². The van der Waals surface area contributed by atoms with Crippen molar-refractivity contribution >= 4 is 57.2 Å².